The van der Waals surface area contributed by atoms with E-state index in [2.05, 4.69) is 80.2 Å². The standard InChI is InChI=1S/C30H21N7/c31-28-27-30(34-18-33-28)37(17-19-5-2-1-3-6-19)29(36-27)23-12-8-20(9-13-23)24-15-14-22-11-10-21-7-4-16-32-25(21)26(22)35-24/h1-16,18H,17H2,(H2,31,33,34). The Balaban J connectivity index is 1.32. The van der Waals surface area contributed by atoms with Gasteiger partial charge in [-0.1, -0.05) is 78.9 Å². The number of hydrogen-bond donors (Lipinski definition) is 1. The van der Waals surface area contributed by atoms with E-state index < -0.39 is 0 Å². The second kappa shape index (κ2) is 8.49. The molecule has 0 bridgehead atoms. The normalized spacial score (nSPS) is 11.5. The third-order valence-corrected chi connectivity index (χ3v) is 6.61. The number of nitrogen functional groups attached to an aromatic ring is 1. The number of anilines is 1. The molecular weight excluding hydrogens is 458 g/mol. The smallest absolute Gasteiger partial charge is 0.166 e. The van der Waals surface area contributed by atoms with Gasteiger partial charge in [0.15, 0.2) is 17.0 Å². The highest BCUT2D eigenvalue weighted by Crippen LogP contribution is 2.30. The van der Waals surface area contributed by atoms with Crippen molar-refractivity contribution in [2.75, 3.05) is 5.73 Å². The zero-order valence-corrected chi connectivity index (χ0v) is 19.8. The maximum absolute atomic E-state index is 6.15. The van der Waals surface area contributed by atoms with Crippen molar-refractivity contribution in [1.29, 1.82) is 0 Å². The first-order chi connectivity index (χ1) is 18.2. The molecule has 176 valence electrons. The second-order valence-electron chi connectivity index (χ2n) is 8.92. The van der Waals surface area contributed by atoms with Crippen LogP contribution in [0.5, 0.6) is 0 Å². The summed E-state index contributed by atoms with van der Waals surface area (Å²) in [6, 6.07) is 30.8. The van der Waals surface area contributed by atoms with Gasteiger partial charge in [0.25, 0.3) is 0 Å². The minimum Gasteiger partial charge on any atom is -0.382 e. The fourth-order valence-electron chi connectivity index (χ4n) is 4.76. The highest BCUT2D eigenvalue weighted by molar-refractivity contribution is 6.03. The lowest BCUT2D eigenvalue weighted by Gasteiger charge is -2.10. The van der Waals surface area contributed by atoms with E-state index >= 15 is 0 Å². The number of nitrogens with zero attached hydrogens (tertiary/aromatic N) is 6. The summed E-state index contributed by atoms with van der Waals surface area (Å²) in [4.78, 5) is 23.0. The molecule has 0 unspecified atom stereocenters. The zero-order valence-electron chi connectivity index (χ0n) is 19.8. The second-order valence-corrected chi connectivity index (χ2v) is 8.92. The fraction of sp³-hybridized carbons (Fsp3) is 0.0333. The number of aromatic nitrogens is 6. The molecule has 7 heteroatoms. The van der Waals surface area contributed by atoms with Crippen LogP contribution in [0.25, 0.3) is 55.6 Å². The van der Waals surface area contributed by atoms with Crippen molar-refractivity contribution in [1.82, 2.24) is 29.5 Å². The Morgan fingerprint density at radius 1 is 0.622 bits per heavy atom. The van der Waals surface area contributed by atoms with E-state index in [0.717, 1.165) is 50.0 Å². The van der Waals surface area contributed by atoms with Crippen molar-refractivity contribution < 1.29 is 0 Å². The van der Waals surface area contributed by atoms with Gasteiger partial charge in [-0.2, -0.15) is 0 Å². The number of fused-ring (bicyclic) bond motifs is 4. The summed E-state index contributed by atoms with van der Waals surface area (Å²) in [6.07, 6.45) is 3.29. The first-order valence-corrected chi connectivity index (χ1v) is 12.0. The van der Waals surface area contributed by atoms with Gasteiger partial charge in [0.2, 0.25) is 0 Å². The van der Waals surface area contributed by atoms with Crippen molar-refractivity contribution in [3.63, 3.8) is 0 Å². The zero-order chi connectivity index (χ0) is 24.8. The molecule has 0 spiro atoms. The van der Waals surface area contributed by atoms with E-state index in [1.54, 1.807) is 0 Å². The van der Waals surface area contributed by atoms with Crippen LogP contribution in [0.2, 0.25) is 0 Å². The molecule has 2 N–H and O–H groups in total. The van der Waals surface area contributed by atoms with E-state index in [-0.39, 0.29) is 0 Å². The average Bonchev–Trinajstić information content (AvgIpc) is 3.33. The van der Waals surface area contributed by atoms with Crippen LogP contribution in [0, 0.1) is 0 Å². The minimum absolute atomic E-state index is 0.371. The molecule has 7 rings (SSSR count). The van der Waals surface area contributed by atoms with E-state index in [1.165, 1.54) is 6.33 Å². The molecule has 37 heavy (non-hydrogen) atoms. The van der Waals surface area contributed by atoms with Crippen molar-refractivity contribution in [2.45, 2.75) is 6.54 Å². The van der Waals surface area contributed by atoms with Crippen LogP contribution in [0.4, 0.5) is 5.82 Å². The number of pyridine rings is 2. The Kier molecular flexibility index (Phi) is 4.85. The van der Waals surface area contributed by atoms with Gasteiger partial charge in [-0.3, -0.25) is 4.98 Å². The van der Waals surface area contributed by atoms with Crippen molar-refractivity contribution in [2.24, 2.45) is 0 Å². The molecule has 7 aromatic rings. The Morgan fingerprint density at radius 3 is 2.22 bits per heavy atom. The van der Waals surface area contributed by atoms with Crippen molar-refractivity contribution in [3.05, 3.63) is 109 Å². The van der Waals surface area contributed by atoms with Crippen LogP contribution in [-0.2, 0) is 6.54 Å². The molecule has 4 heterocycles. The quantitative estimate of drug-likeness (QED) is 0.316. The molecule has 0 saturated heterocycles. The molecule has 0 fully saturated rings. The average molecular weight is 480 g/mol. The molecule has 0 aliphatic heterocycles. The molecule has 0 radical (unpaired) electrons. The van der Waals surface area contributed by atoms with Crippen molar-refractivity contribution in [3.8, 4) is 22.6 Å². The predicted molar refractivity (Wildman–Crippen MR) is 147 cm³/mol. The number of nitrogens with two attached hydrogens (primary N) is 1. The first kappa shape index (κ1) is 21.1. The molecule has 3 aromatic carbocycles. The third kappa shape index (κ3) is 3.65. The van der Waals surface area contributed by atoms with Crippen LogP contribution < -0.4 is 5.73 Å². The van der Waals surface area contributed by atoms with E-state index in [9.17, 15) is 0 Å². The van der Waals surface area contributed by atoms with Gasteiger partial charge in [0, 0.05) is 28.1 Å². The van der Waals surface area contributed by atoms with Crippen LogP contribution in [-0.4, -0.2) is 29.5 Å². The maximum atomic E-state index is 6.15. The molecule has 7 nitrogen and oxygen atoms in total. The number of benzene rings is 3. The largest absolute Gasteiger partial charge is 0.382 e. The highest BCUT2D eigenvalue weighted by atomic mass is 15.2. The summed E-state index contributed by atoms with van der Waals surface area (Å²) in [5.41, 5.74) is 13.3. The summed E-state index contributed by atoms with van der Waals surface area (Å²) in [7, 11) is 0. The lowest BCUT2D eigenvalue weighted by atomic mass is 10.1. The summed E-state index contributed by atoms with van der Waals surface area (Å²) in [5.74, 6) is 1.16. The summed E-state index contributed by atoms with van der Waals surface area (Å²) >= 11 is 0. The Morgan fingerprint density at radius 2 is 1.38 bits per heavy atom. The molecule has 0 aliphatic rings. The van der Waals surface area contributed by atoms with Gasteiger partial charge >= 0.3 is 0 Å². The van der Waals surface area contributed by atoms with Gasteiger partial charge in [-0.05, 0) is 17.7 Å². The van der Waals surface area contributed by atoms with E-state index in [0.29, 0.717) is 23.5 Å². The van der Waals surface area contributed by atoms with Gasteiger partial charge in [-0.15, -0.1) is 0 Å². The molecule has 0 atom stereocenters. The maximum Gasteiger partial charge on any atom is 0.166 e. The Labute approximate surface area is 212 Å². The van der Waals surface area contributed by atoms with E-state index in [1.807, 2.05) is 36.5 Å². The summed E-state index contributed by atoms with van der Waals surface area (Å²) in [6.45, 7) is 0.622. The SMILES string of the molecule is Nc1ncnc2c1nc(-c1ccc(-c3ccc4ccc5cccnc5c4n3)cc1)n2Cc1ccccc1. The topological polar surface area (TPSA) is 95.4 Å². The molecule has 0 amide bonds. The highest BCUT2D eigenvalue weighted by Gasteiger charge is 2.17. The minimum atomic E-state index is 0.371. The van der Waals surface area contributed by atoms with Gasteiger partial charge in [0.1, 0.15) is 12.2 Å². The lowest BCUT2D eigenvalue weighted by molar-refractivity contribution is 0.823. The number of rotatable bonds is 4. The third-order valence-electron chi connectivity index (χ3n) is 6.61. The van der Waals surface area contributed by atoms with Crippen LogP contribution in [0.1, 0.15) is 5.56 Å². The van der Waals surface area contributed by atoms with Crippen LogP contribution >= 0.6 is 0 Å². The molecule has 0 saturated carbocycles. The fourth-order valence-corrected chi connectivity index (χ4v) is 4.76. The van der Waals surface area contributed by atoms with Gasteiger partial charge in [0.05, 0.1) is 23.3 Å². The number of imidazole rings is 1. The van der Waals surface area contributed by atoms with Crippen LogP contribution in [0.15, 0.2) is 104 Å². The predicted octanol–water partition coefficient (Wildman–Crippen LogP) is 5.89. The van der Waals surface area contributed by atoms with Gasteiger partial charge < -0.3 is 10.3 Å². The first-order valence-electron chi connectivity index (χ1n) is 12.0. The Bertz CT molecular complexity index is 1910. The number of hydrogen-bond acceptors (Lipinski definition) is 6. The van der Waals surface area contributed by atoms with Gasteiger partial charge in [-0.25, -0.2) is 19.9 Å². The van der Waals surface area contributed by atoms with Crippen molar-refractivity contribution >= 4 is 38.8 Å². The molecule has 0 aliphatic carbocycles. The lowest BCUT2D eigenvalue weighted by Crippen LogP contribution is -2.03. The van der Waals surface area contributed by atoms with E-state index in [4.69, 9.17) is 15.7 Å². The summed E-state index contributed by atoms with van der Waals surface area (Å²) < 4.78 is 2.09. The molecule has 4 aromatic heterocycles. The monoisotopic (exact) mass is 479 g/mol. The van der Waals surface area contributed by atoms with Crippen LogP contribution in [0.3, 0.4) is 0 Å². The summed E-state index contributed by atoms with van der Waals surface area (Å²) in [5, 5.41) is 2.15. The molecular formula is C30H21N7. The Hall–Kier alpha value is -5.17.